The normalized spacial score (nSPS) is 16.5. The number of nitro benzene ring substituents is 1. The molecule has 1 unspecified atom stereocenters. The first kappa shape index (κ1) is 19.8. The number of likely N-dealkylation sites (tertiary alicyclic amines) is 1. The Bertz CT molecular complexity index is 868. The second-order valence-electron chi connectivity index (χ2n) is 6.74. The summed E-state index contributed by atoms with van der Waals surface area (Å²) in [5.74, 6) is -0.500. The minimum atomic E-state index is -0.462. The number of nitrogens with zero attached hydrogens (tertiary/aromatic N) is 2. The van der Waals surface area contributed by atoms with Gasteiger partial charge in [-0.2, -0.15) is 0 Å². The van der Waals surface area contributed by atoms with Crippen LogP contribution in [-0.2, 0) is 11.3 Å². The number of halogens is 1. The van der Waals surface area contributed by atoms with Crippen molar-refractivity contribution < 1.29 is 14.5 Å². The van der Waals surface area contributed by atoms with Crippen LogP contribution in [0.25, 0.3) is 0 Å². The molecule has 0 aromatic heterocycles. The molecule has 1 heterocycles. The van der Waals surface area contributed by atoms with Crippen molar-refractivity contribution >= 4 is 29.1 Å². The second kappa shape index (κ2) is 8.84. The fourth-order valence-electron chi connectivity index (χ4n) is 3.22. The maximum Gasteiger partial charge on any atom is 0.269 e. The molecule has 0 saturated carbocycles. The Morgan fingerprint density at radius 2 is 1.82 bits per heavy atom. The van der Waals surface area contributed by atoms with Crippen LogP contribution < -0.4 is 5.32 Å². The van der Waals surface area contributed by atoms with Gasteiger partial charge >= 0.3 is 0 Å². The number of carbonyl (C=O) groups is 2. The van der Waals surface area contributed by atoms with Crippen LogP contribution in [0.2, 0.25) is 5.02 Å². The number of hydrogen-bond acceptors (Lipinski definition) is 4. The molecule has 7 nitrogen and oxygen atoms in total. The first-order valence-electron chi connectivity index (χ1n) is 9.00. The average Bonchev–Trinajstić information content (AvgIpc) is 2.72. The summed E-state index contributed by atoms with van der Waals surface area (Å²) in [6.07, 6.45) is 1.48. The lowest BCUT2D eigenvalue weighted by molar-refractivity contribution is -0.384. The highest BCUT2D eigenvalue weighted by Gasteiger charge is 2.28. The Kier molecular flexibility index (Phi) is 6.26. The number of benzene rings is 2. The van der Waals surface area contributed by atoms with Crippen molar-refractivity contribution in [3.05, 3.63) is 74.8 Å². The van der Waals surface area contributed by atoms with Crippen molar-refractivity contribution in [1.29, 1.82) is 0 Å². The SMILES string of the molecule is O=C(NCc1ccc([N+](=O)[O-])cc1)C1CCCN(C(=O)c2ccc(Cl)cc2)C1. The fraction of sp³-hybridized carbons (Fsp3) is 0.300. The van der Waals surface area contributed by atoms with Crippen LogP contribution in [0.15, 0.2) is 48.5 Å². The van der Waals surface area contributed by atoms with Crippen molar-refractivity contribution in [3.8, 4) is 0 Å². The number of nitro groups is 1. The maximum absolute atomic E-state index is 12.6. The molecule has 0 spiro atoms. The lowest BCUT2D eigenvalue weighted by atomic mass is 9.96. The highest BCUT2D eigenvalue weighted by atomic mass is 35.5. The van der Waals surface area contributed by atoms with Gasteiger partial charge in [-0.1, -0.05) is 23.7 Å². The van der Waals surface area contributed by atoms with Gasteiger partial charge in [-0.05, 0) is 42.7 Å². The number of piperidine rings is 1. The van der Waals surface area contributed by atoms with E-state index in [9.17, 15) is 19.7 Å². The first-order chi connectivity index (χ1) is 13.4. The van der Waals surface area contributed by atoms with Gasteiger partial charge in [0.1, 0.15) is 0 Å². The van der Waals surface area contributed by atoms with Crippen LogP contribution in [0.4, 0.5) is 5.69 Å². The molecule has 1 N–H and O–H groups in total. The predicted molar refractivity (Wildman–Crippen MR) is 105 cm³/mol. The van der Waals surface area contributed by atoms with Crippen LogP contribution in [0.3, 0.4) is 0 Å². The summed E-state index contributed by atoms with van der Waals surface area (Å²) in [6, 6.07) is 12.8. The van der Waals surface area contributed by atoms with E-state index in [0.717, 1.165) is 18.4 Å². The average molecular weight is 402 g/mol. The van der Waals surface area contributed by atoms with Crippen molar-refractivity contribution in [1.82, 2.24) is 10.2 Å². The summed E-state index contributed by atoms with van der Waals surface area (Å²) in [6.45, 7) is 1.28. The molecule has 0 bridgehead atoms. The number of nitrogens with one attached hydrogen (secondary N) is 1. The van der Waals surface area contributed by atoms with E-state index in [0.29, 0.717) is 30.2 Å². The lowest BCUT2D eigenvalue weighted by Gasteiger charge is -2.32. The molecular formula is C20H20ClN3O4. The van der Waals surface area contributed by atoms with E-state index in [1.54, 1.807) is 41.3 Å². The smallest absolute Gasteiger partial charge is 0.269 e. The van der Waals surface area contributed by atoms with Crippen LogP contribution in [0, 0.1) is 16.0 Å². The molecule has 0 aliphatic carbocycles. The Labute approximate surface area is 167 Å². The zero-order chi connectivity index (χ0) is 20.1. The number of amides is 2. The molecule has 0 radical (unpaired) electrons. The number of carbonyl (C=O) groups excluding carboxylic acids is 2. The molecule has 1 saturated heterocycles. The van der Waals surface area contributed by atoms with Gasteiger partial charge in [-0.25, -0.2) is 0 Å². The van der Waals surface area contributed by atoms with E-state index in [4.69, 9.17) is 11.6 Å². The second-order valence-corrected chi connectivity index (χ2v) is 7.18. The Morgan fingerprint density at radius 3 is 2.46 bits per heavy atom. The van der Waals surface area contributed by atoms with Crippen molar-refractivity contribution in [2.24, 2.45) is 5.92 Å². The van der Waals surface area contributed by atoms with Crippen LogP contribution in [0.5, 0.6) is 0 Å². The third-order valence-corrected chi connectivity index (χ3v) is 5.04. The standard InChI is InChI=1S/C20H20ClN3O4/c21-17-7-5-15(6-8-17)20(26)23-11-1-2-16(13-23)19(25)22-12-14-3-9-18(10-4-14)24(27)28/h3-10,16H,1-2,11-13H2,(H,22,25). The van der Waals surface area contributed by atoms with E-state index >= 15 is 0 Å². The number of hydrogen-bond donors (Lipinski definition) is 1. The van der Waals surface area contributed by atoms with E-state index in [-0.39, 0.29) is 23.4 Å². The lowest BCUT2D eigenvalue weighted by Crippen LogP contribution is -2.45. The molecule has 1 aliphatic heterocycles. The maximum atomic E-state index is 12.6. The van der Waals surface area contributed by atoms with E-state index in [1.165, 1.54) is 12.1 Å². The molecule has 2 amide bonds. The van der Waals surface area contributed by atoms with Crippen molar-refractivity contribution in [2.75, 3.05) is 13.1 Å². The molecule has 8 heteroatoms. The Morgan fingerprint density at radius 1 is 1.14 bits per heavy atom. The summed E-state index contributed by atoms with van der Waals surface area (Å²) in [7, 11) is 0. The monoisotopic (exact) mass is 401 g/mol. The van der Waals surface area contributed by atoms with E-state index in [1.807, 2.05) is 0 Å². The van der Waals surface area contributed by atoms with Gasteiger partial charge in [-0.15, -0.1) is 0 Å². The fourth-order valence-corrected chi connectivity index (χ4v) is 3.35. The van der Waals surface area contributed by atoms with Crippen LogP contribution >= 0.6 is 11.6 Å². The summed E-state index contributed by atoms with van der Waals surface area (Å²) >= 11 is 5.87. The summed E-state index contributed by atoms with van der Waals surface area (Å²) < 4.78 is 0. The van der Waals surface area contributed by atoms with Crippen molar-refractivity contribution in [3.63, 3.8) is 0 Å². The van der Waals surface area contributed by atoms with Crippen LogP contribution in [0.1, 0.15) is 28.8 Å². The zero-order valence-electron chi connectivity index (χ0n) is 15.1. The molecule has 2 aromatic carbocycles. The molecule has 1 fully saturated rings. The quantitative estimate of drug-likeness (QED) is 0.613. The van der Waals surface area contributed by atoms with Gasteiger partial charge < -0.3 is 10.2 Å². The first-order valence-corrected chi connectivity index (χ1v) is 9.38. The summed E-state index contributed by atoms with van der Waals surface area (Å²) in [5, 5.41) is 14.1. The van der Waals surface area contributed by atoms with E-state index < -0.39 is 4.92 Å². The van der Waals surface area contributed by atoms with Gasteiger partial charge in [0.15, 0.2) is 0 Å². The van der Waals surface area contributed by atoms with Gasteiger partial charge in [0.2, 0.25) is 5.91 Å². The molecule has 28 heavy (non-hydrogen) atoms. The Hall–Kier alpha value is -2.93. The molecule has 1 aliphatic rings. The van der Waals surface area contributed by atoms with Crippen molar-refractivity contribution in [2.45, 2.75) is 19.4 Å². The Balaban J connectivity index is 1.55. The number of rotatable bonds is 5. The minimum Gasteiger partial charge on any atom is -0.352 e. The number of non-ortho nitro benzene ring substituents is 1. The highest BCUT2D eigenvalue weighted by molar-refractivity contribution is 6.30. The topological polar surface area (TPSA) is 92.5 Å². The molecule has 146 valence electrons. The highest BCUT2D eigenvalue weighted by Crippen LogP contribution is 2.20. The summed E-state index contributed by atoms with van der Waals surface area (Å²) in [4.78, 5) is 37.1. The largest absolute Gasteiger partial charge is 0.352 e. The zero-order valence-corrected chi connectivity index (χ0v) is 15.9. The minimum absolute atomic E-state index is 0.0127. The summed E-state index contributed by atoms with van der Waals surface area (Å²) in [5.41, 5.74) is 1.35. The van der Waals surface area contributed by atoms with Gasteiger partial charge in [0.25, 0.3) is 11.6 Å². The molecule has 2 aromatic rings. The third-order valence-electron chi connectivity index (χ3n) is 4.78. The van der Waals surface area contributed by atoms with Crippen LogP contribution in [-0.4, -0.2) is 34.7 Å². The van der Waals surface area contributed by atoms with E-state index in [2.05, 4.69) is 5.32 Å². The molecule has 3 rings (SSSR count). The van der Waals surface area contributed by atoms with Gasteiger partial charge in [-0.3, -0.25) is 19.7 Å². The van der Waals surface area contributed by atoms with Gasteiger partial charge in [0.05, 0.1) is 10.8 Å². The molecule has 1 atom stereocenters. The third kappa shape index (κ3) is 4.86. The molecular weight excluding hydrogens is 382 g/mol. The van der Waals surface area contributed by atoms with Gasteiger partial charge in [0, 0.05) is 42.4 Å². The predicted octanol–water partition coefficient (Wildman–Crippen LogP) is 3.42.